The van der Waals surface area contributed by atoms with Crippen molar-refractivity contribution < 1.29 is 9.53 Å². The number of H-pyrrole nitrogens is 1. The Morgan fingerprint density at radius 3 is 2.59 bits per heavy atom. The van der Waals surface area contributed by atoms with E-state index in [2.05, 4.69) is 42.8 Å². The molecule has 2 aliphatic heterocycles. The highest BCUT2D eigenvalue weighted by Crippen LogP contribution is 2.28. The van der Waals surface area contributed by atoms with Crippen molar-refractivity contribution in [1.82, 2.24) is 14.8 Å². The third kappa shape index (κ3) is 3.63. The van der Waals surface area contributed by atoms with Crippen LogP contribution in [0.15, 0.2) is 12.1 Å². The first kappa shape index (κ1) is 18.5. The molecule has 2 fully saturated rings. The molecule has 3 heterocycles. The molecule has 2 aromatic rings. The average molecular weight is 370 g/mol. The second kappa shape index (κ2) is 7.64. The van der Waals surface area contributed by atoms with Crippen LogP contribution in [0, 0.1) is 20.8 Å². The first-order chi connectivity index (χ1) is 13.0. The number of aromatic nitrogens is 1. The predicted octanol–water partition coefficient (Wildman–Crippen LogP) is 3.42. The van der Waals surface area contributed by atoms with Crippen LogP contribution in [-0.4, -0.2) is 66.1 Å². The second-order valence-corrected chi connectivity index (χ2v) is 8.18. The van der Waals surface area contributed by atoms with E-state index in [1.165, 1.54) is 29.4 Å². The lowest BCUT2D eigenvalue weighted by Gasteiger charge is -2.27. The molecule has 4 rings (SSSR count). The summed E-state index contributed by atoms with van der Waals surface area (Å²) in [5, 5.41) is 1.19. The molecule has 27 heavy (non-hydrogen) atoms. The molecule has 5 heteroatoms. The van der Waals surface area contributed by atoms with E-state index in [0.29, 0.717) is 6.54 Å². The van der Waals surface area contributed by atoms with Crippen molar-refractivity contribution in [3.63, 3.8) is 0 Å². The lowest BCUT2D eigenvalue weighted by Crippen LogP contribution is -2.42. The van der Waals surface area contributed by atoms with Gasteiger partial charge in [-0.1, -0.05) is 12.1 Å². The number of nitrogens with zero attached hydrogens (tertiary/aromatic N) is 2. The summed E-state index contributed by atoms with van der Waals surface area (Å²) in [4.78, 5) is 21.3. The van der Waals surface area contributed by atoms with Crippen LogP contribution in [0.3, 0.4) is 0 Å². The van der Waals surface area contributed by atoms with Gasteiger partial charge in [-0.3, -0.25) is 4.79 Å². The molecule has 1 N–H and O–H groups in total. The number of carbonyl (C=O) groups excluding carboxylic acids is 1. The van der Waals surface area contributed by atoms with Crippen molar-refractivity contribution in [2.45, 2.75) is 46.1 Å². The Labute approximate surface area is 161 Å². The van der Waals surface area contributed by atoms with Gasteiger partial charge >= 0.3 is 0 Å². The summed E-state index contributed by atoms with van der Waals surface area (Å²) in [6.07, 6.45) is 3.58. The van der Waals surface area contributed by atoms with Crippen molar-refractivity contribution in [2.75, 3.05) is 39.3 Å². The summed E-state index contributed by atoms with van der Waals surface area (Å²) < 4.78 is 6.06. The number of aromatic amines is 1. The Morgan fingerprint density at radius 2 is 1.85 bits per heavy atom. The molecule has 0 saturated carbocycles. The maximum Gasteiger partial charge on any atom is 0.270 e. The molecule has 1 atom stereocenters. The zero-order chi connectivity index (χ0) is 19.0. The maximum atomic E-state index is 13.4. The van der Waals surface area contributed by atoms with E-state index < -0.39 is 0 Å². The smallest absolute Gasteiger partial charge is 0.270 e. The minimum absolute atomic E-state index is 0.111. The Balaban J connectivity index is 1.57. The van der Waals surface area contributed by atoms with Gasteiger partial charge in [-0.15, -0.1) is 0 Å². The van der Waals surface area contributed by atoms with Gasteiger partial charge in [-0.05, 0) is 69.8 Å². The van der Waals surface area contributed by atoms with Gasteiger partial charge in [0.25, 0.3) is 5.91 Å². The van der Waals surface area contributed by atoms with Crippen molar-refractivity contribution in [2.24, 2.45) is 0 Å². The summed E-state index contributed by atoms with van der Waals surface area (Å²) in [6, 6.07) is 4.26. The van der Waals surface area contributed by atoms with Crippen molar-refractivity contribution in [3.8, 4) is 0 Å². The molecule has 2 saturated heterocycles. The Morgan fingerprint density at radius 1 is 1.11 bits per heavy atom. The van der Waals surface area contributed by atoms with Crippen LogP contribution >= 0.6 is 0 Å². The fraction of sp³-hybridized carbons (Fsp3) is 0.591. The maximum absolute atomic E-state index is 13.4. The number of benzene rings is 1. The number of fused-ring (bicyclic) bond motifs is 1. The lowest BCUT2D eigenvalue weighted by molar-refractivity contribution is 0.0296. The zero-order valence-corrected chi connectivity index (χ0v) is 16.8. The number of ether oxygens (including phenoxy) is 1. The number of amides is 1. The third-order valence-electron chi connectivity index (χ3n) is 6.13. The van der Waals surface area contributed by atoms with Crippen molar-refractivity contribution in [1.29, 1.82) is 0 Å². The SMILES string of the molecule is Cc1ccc(C)c2c(C)c(C(=O)N3CCCOC(CN4CCCC4)C3)[nH]c12. The van der Waals surface area contributed by atoms with E-state index in [0.717, 1.165) is 56.0 Å². The van der Waals surface area contributed by atoms with Gasteiger partial charge in [-0.2, -0.15) is 0 Å². The molecule has 0 spiro atoms. The summed E-state index contributed by atoms with van der Waals surface area (Å²) >= 11 is 0. The van der Waals surface area contributed by atoms with Crippen LogP contribution in [0.25, 0.3) is 10.9 Å². The molecule has 1 aromatic carbocycles. The number of rotatable bonds is 3. The number of carbonyl (C=O) groups is 1. The average Bonchev–Trinajstić information content (AvgIpc) is 3.21. The van der Waals surface area contributed by atoms with Crippen LogP contribution in [-0.2, 0) is 4.74 Å². The third-order valence-corrected chi connectivity index (χ3v) is 6.13. The molecule has 1 aromatic heterocycles. The normalized spacial score (nSPS) is 21.7. The van der Waals surface area contributed by atoms with Crippen molar-refractivity contribution in [3.05, 3.63) is 34.5 Å². The van der Waals surface area contributed by atoms with Crippen LogP contribution in [0.4, 0.5) is 0 Å². The molecule has 1 amide bonds. The van der Waals surface area contributed by atoms with Gasteiger partial charge in [0.1, 0.15) is 5.69 Å². The minimum Gasteiger partial charge on any atom is -0.375 e. The van der Waals surface area contributed by atoms with E-state index in [1.807, 2.05) is 4.90 Å². The number of nitrogens with one attached hydrogen (secondary N) is 1. The van der Waals surface area contributed by atoms with E-state index in [4.69, 9.17) is 4.74 Å². The number of aryl methyl sites for hydroxylation is 3. The second-order valence-electron chi connectivity index (χ2n) is 8.18. The fourth-order valence-corrected chi connectivity index (χ4v) is 4.61. The Hall–Kier alpha value is -1.85. The van der Waals surface area contributed by atoms with E-state index in [1.54, 1.807) is 0 Å². The quantitative estimate of drug-likeness (QED) is 0.902. The van der Waals surface area contributed by atoms with Gasteiger partial charge in [0.15, 0.2) is 0 Å². The topological polar surface area (TPSA) is 48.6 Å². The summed E-state index contributed by atoms with van der Waals surface area (Å²) in [6.45, 7) is 11.7. The molecular formula is C22H31N3O2. The summed E-state index contributed by atoms with van der Waals surface area (Å²) in [7, 11) is 0. The largest absolute Gasteiger partial charge is 0.375 e. The zero-order valence-electron chi connectivity index (χ0n) is 16.8. The highest BCUT2D eigenvalue weighted by molar-refractivity contribution is 6.02. The highest BCUT2D eigenvalue weighted by atomic mass is 16.5. The fourth-order valence-electron chi connectivity index (χ4n) is 4.61. The first-order valence-corrected chi connectivity index (χ1v) is 10.3. The Bertz CT molecular complexity index is 836. The Kier molecular flexibility index (Phi) is 5.24. The van der Waals surface area contributed by atoms with Crippen LogP contribution in [0.1, 0.15) is 46.4 Å². The van der Waals surface area contributed by atoms with E-state index >= 15 is 0 Å². The molecule has 2 aliphatic rings. The molecule has 0 bridgehead atoms. The van der Waals surface area contributed by atoms with Gasteiger partial charge < -0.3 is 19.5 Å². The highest BCUT2D eigenvalue weighted by Gasteiger charge is 2.28. The number of likely N-dealkylation sites (tertiary alicyclic amines) is 1. The predicted molar refractivity (Wildman–Crippen MR) is 108 cm³/mol. The van der Waals surface area contributed by atoms with E-state index in [-0.39, 0.29) is 12.0 Å². The molecular weight excluding hydrogens is 338 g/mol. The standard InChI is InChI=1S/C22H31N3O2/c1-15-7-8-16(2)20-19(15)17(3)21(23-20)22(26)25-11-6-12-27-18(14-25)13-24-9-4-5-10-24/h7-8,18,23H,4-6,9-14H2,1-3H3. The van der Waals surface area contributed by atoms with E-state index in [9.17, 15) is 4.79 Å². The van der Waals surface area contributed by atoms with Gasteiger partial charge in [0.2, 0.25) is 0 Å². The van der Waals surface area contributed by atoms with Crippen molar-refractivity contribution >= 4 is 16.8 Å². The molecule has 1 unspecified atom stereocenters. The molecule has 0 radical (unpaired) electrons. The molecule has 0 aliphatic carbocycles. The van der Waals surface area contributed by atoms with Gasteiger partial charge in [0.05, 0.1) is 6.10 Å². The first-order valence-electron chi connectivity index (χ1n) is 10.3. The van der Waals surface area contributed by atoms with Crippen LogP contribution in [0.2, 0.25) is 0 Å². The van der Waals surface area contributed by atoms with Gasteiger partial charge in [-0.25, -0.2) is 0 Å². The molecule has 146 valence electrons. The monoisotopic (exact) mass is 369 g/mol. The van der Waals surface area contributed by atoms with Crippen LogP contribution in [0.5, 0.6) is 0 Å². The number of hydrogen-bond donors (Lipinski definition) is 1. The number of hydrogen-bond acceptors (Lipinski definition) is 3. The lowest BCUT2D eigenvalue weighted by atomic mass is 10.0. The minimum atomic E-state index is 0.111. The summed E-state index contributed by atoms with van der Waals surface area (Å²) in [5.74, 6) is 0.111. The summed E-state index contributed by atoms with van der Waals surface area (Å²) in [5.41, 5.74) is 5.30. The molecule has 5 nitrogen and oxygen atoms in total. The van der Waals surface area contributed by atoms with Crippen LogP contribution < -0.4 is 0 Å². The van der Waals surface area contributed by atoms with Gasteiger partial charge in [0, 0.05) is 37.1 Å².